The molecule has 2 aromatic rings. The molecule has 0 aliphatic carbocycles. The third-order valence-electron chi connectivity index (χ3n) is 8.10. The van der Waals surface area contributed by atoms with Crippen molar-refractivity contribution in [3.63, 3.8) is 0 Å². The molecule has 8 heteroatoms. The molecule has 202 valence electrons. The predicted octanol–water partition coefficient (Wildman–Crippen LogP) is 7.18. The molecule has 3 heterocycles. The van der Waals surface area contributed by atoms with Crippen LogP contribution in [0.15, 0.2) is 64.1 Å². The number of rotatable bonds is 7. The molecule has 0 spiro atoms. The molecule has 1 saturated heterocycles. The van der Waals surface area contributed by atoms with Crippen molar-refractivity contribution in [2.45, 2.75) is 64.7 Å². The first kappa shape index (κ1) is 27.6. The first-order valence-electron chi connectivity index (χ1n) is 13.3. The van der Waals surface area contributed by atoms with Crippen molar-refractivity contribution in [1.82, 2.24) is 14.7 Å². The van der Waals surface area contributed by atoms with Gasteiger partial charge in [-0.15, -0.1) is 0 Å². The highest BCUT2D eigenvalue weighted by Gasteiger charge is 2.53. The highest BCUT2D eigenvalue weighted by atomic mass is 35.5. The Morgan fingerprint density at radius 1 is 1.08 bits per heavy atom. The molecule has 1 fully saturated rings. The second kappa shape index (κ2) is 10.5. The lowest BCUT2D eigenvalue weighted by atomic mass is 9.81. The Morgan fingerprint density at radius 3 is 2.18 bits per heavy atom. The van der Waals surface area contributed by atoms with Crippen molar-refractivity contribution >= 4 is 46.0 Å². The molecule has 1 unspecified atom stereocenters. The molecule has 0 bridgehead atoms. The Kier molecular flexibility index (Phi) is 7.64. The van der Waals surface area contributed by atoms with E-state index < -0.39 is 5.54 Å². The number of carbonyl (C=O) groups is 1. The molecule has 2 aromatic carbocycles. The Morgan fingerprint density at radius 2 is 1.68 bits per heavy atom. The number of allylic oxidation sites excluding steroid dienone is 1. The monoisotopic (exact) mass is 570 g/mol. The van der Waals surface area contributed by atoms with Crippen LogP contribution in [-0.2, 0) is 10.3 Å². The molecule has 3 aliphatic rings. The summed E-state index contributed by atoms with van der Waals surface area (Å²) < 4.78 is 0. The maximum Gasteiger partial charge on any atom is 0.262 e. The molecule has 3 atom stereocenters. The molecule has 5 nitrogen and oxygen atoms in total. The average Bonchev–Trinajstić information content (AvgIpc) is 3.36. The number of aliphatic imine (C=N–C) groups is 1. The number of likely N-dealkylation sites (tertiary alicyclic amines) is 1. The average molecular weight is 572 g/mol. The van der Waals surface area contributed by atoms with E-state index in [1.165, 1.54) is 11.8 Å². The van der Waals surface area contributed by atoms with Gasteiger partial charge in [-0.25, -0.2) is 4.99 Å². The van der Waals surface area contributed by atoms with E-state index in [1.807, 2.05) is 29.2 Å². The summed E-state index contributed by atoms with van der Waals surface area (Å²) in [7, 11) is 2.14. The Bertz CT molecular complexity index is 1270. The molecule has 5 rings (SSSR count). The molecule has 0 N–H and O–H groups in total. The van der Waals surface area contributed by atoms with Gasteiger partial charge in [0.25, 0.3) is 5.91 Å². The summed E-state index contributed by atoms with van der Waals surface area (Å²) in [5.74, 6) is 0.242. The number of halogens is 2. The van der Waals surface area contributed by atoms with Crippen LogP contribution in [0.3, 0.4) is 0 Å². The highest BCUT2D eigenvalue weighted by Crippen LogP contribution is 2.56. The zero-order valence-corrected chi connectivity index (χ0v) is 25.2. The quantitative estimate of drug-likeness (QED) is 0.353. The third-order valence-corrected chi connectivity index (χ3v) is 9.66. The van der Waals surface area contributed by atoms with Crippen molar-refractivity contribution < 1.29 is 4.79 Å². The molecule has 0 aromatic heterocycles. The van der Waals surface area contributed by atoms with Crippen molar-refractivity contribution in [1.29, 1.82) is 0 Å². The number of amidine groups is 1. The van der Waals surface area contributed by atoms with E-state index in [0.717, 1.165) is 46.4 Å². The van der Waals surface area contributed by atoms with E-state index in [-0.39, 0.29) is 23.9 Å². The van der Waals surface area contributed by atoms with E-state index >= 15 is 0 Å². The molecule has 38 heavy (non-hydrogen) atoms. The zero-order valence-electron chi connectivity index (χ0n) is 22.9. The number of thioether (sulfide) groups is 1. The largest absolute Gasteiger partial charge is 0.334 e. The van der Waals surface area contributed by atoms with Crippen LogP contribution in [0, 0.1) is 5.92 Å². The number of likely N-dealkylation sites (N-methyl/N-ethyl adjacent to an activating group) is 1. The fourth-order valence-electron chi connectivity index (χ4n) is 5.75. The van der Waals surface area contributed by atoms with Gasteiger partial charge in [0.05, 0.1) is 6.04 Å². The standard InChI is InChI=1S/C30H36Cl2N4OS/c1-18(2)25-26(28(37)35(19(3)4)17-24-15-16-34(24)6)38-29-33-30(5,21-9-13-23(32)14-10-21)27(36(25)29)20-7-11-22(31)12-8-20/h7-14,18-19,24,27H,15-17H2,1-6H3/t24?,27-,30+/m1/s1. The molecule has 3 aliphatic heterocycles. The number of hydrogen-bond donors (Lipinski definition) is 0. The van der Waals surface area contributed by atoms with Gasteiger partial charge in [0, 0.05) is 34.4 Å². The van der Waals surface area contributed by atoms with E-state index in [1.54, 1.807) is 0 Å². The smallest absolute Gasteiger partial charge is 0.262 e. The lowest BCUT2D eigenvalue weighted by molar-refractivity contribution is -0.129. The summed E-state index contributed by atoms with van der Waals surface area (Å²) in [5, 5.41) is 2.27. The first-order chi connectivity index (χ1) is 18.0. The van der Waals surface area contributed by atoms with Gasteiger partial charge in [-0.1, -0.05) is 61.3 Å². The Hall–Kier alpha value is -1.99. The number of benzene rings is 2. The van der Waals surface area contributed by atoms with Crippen LogP contribution in [0.25, 0.3) is 0 Å². The van der Waals surface area contributed by atoms with E-state index in [0.29, 0.717) is 16.1 Å². The molecule has 0 saturated carbocycles. The summed E-state index contributed by atoms with van der Waals surface area (Å²) in [6.07, 6.45) is 1.13. The van der Waals surface area contributed by atoms with Gasteiger partial charge in [0.1, 0.15) is 10.4 Å². The molecular formula is C30H36Cl2N4OS. The summed E-state index contributed by atoms with van der Waals surface area (Å²) in [6, 6.07) is 16.4. The Labute approximate surface area is 240 Å². The second-order valence-corrected chi connectivity index (χ2v) is 13.2. The summed E-state index contributed by atoms with van der Waals surface area (Å²) in [4.78, 5) is 27.0. The third kappa shape index (κ3) is 4.78. The van der Waals surface area contributed by atoms with Crippen LogP contribution in [-0.4, -0.2) is 58.0 Å². The van der Waals surface area contributed by atoms with Gasteiger partial charge in [0.15, 0.2) is 5.17 Å². The minimum Gasteiger partial charge on any atom is -0.334 e. The number of carbonyl (C=O) groups excluding carboxylic acids is 1. The number of hydrogen-bond acceptors (Lipinski definition) is 5. The number of fused-ring (bicyclic) bond motifs is 1. The molecular weight excluding hydrogens is 535 g/mol. The lowest BCUT2D eigenvalue weighted by Crippen LogP contribution is -2.54. The minimum atomic E-state index is -0.568. The zero-order chi connectivity index (χ0) is 27.4. The fourth-order valence-corrected chi connectivity index (χ4v) is 7.37. The number of nitrogens with zero attached hydrogens (tertiary/aromatic N) is 4. The van der Waals surface area contributed by atoms with E-state index in [9.17, 15) is 4.79 Å². The van der Waals surface area contributed by atoms with Gasteiger partial charge in [0.2, 0.25) is 0 Å². The predicted molar refractivity (Wildman–Crippen MR) is 160 cm³/mol. The maximum absolute atomic E-state index is 14.2. The van der Waals surface area contributed by atoms with Crippen LogP contribution >= 0.6 is 35.0 Å². The van der Waals surface area contributed by atoms with Crippen molar-refractivity contribution in [3.8, 4) is 0 Å². The second-order valence-electron chi connectivity index (χ2n) is 11.3. The Balaban J connectivity index is 1.59. The summed E-state index contributed by atoms with van der Waals surface area (Å²) >= 11 is 14.1. The van der Waals surface area contributed by atoms with Crippen molar-refractivity contribution in [2.75, 3.05) is 20.1 Å². The van der Waals surface area contributed by atoms with Crippen LogP contribution in [0.1, 0.15) is 58.2 Å². The van der Waals surface area contributed by atoms with Gasteiger partial charge >= 0.3 is 0 Å². The van der Waals surface area contributed by atoms with Crippen LogP contribution in [0.5, 0.6) is 0 Å². The number of amides is 1. The van der Waals surface area contributed by atoms with Crippen LogP contribution in [0.4, 0.5) is 0 Å². The minimum absolute atomic E-state index is 0.106. The SMILES string of the molecule is CC(C)C1=C(C(=O)N(CC2CCN2C)C(C)C)SC2=N[C@@](C)(c3ccc(Cl)cc3)[C@@H](c3ccc(Cl)cc3)N21. The first-order valence-corrected chi connectivity index (χ1v) is 14.9. The van der Waals surface area contributed by atoms with E-state index in [4.69, 9.17) is 28.2 Å². The lowest BCUT2D eigenvalue weighted by Gasteiger charge is -2.42. The van der Waals surface area contributed by atoms with Gasteiger partial charge in [-0.05, 0) is 93.9 Å². The van der Waals surface area contributed by atoms with E-state index in [2.05, 4.69) is 75.7 Å². The van der Waals surface area contributed by atoms with Crippen LogP contribution in [0.2, 0.25) is 10.0 Å². The summed E-state index contributed by atoms with van der Waals surface area (Å²) in [6.45, 7) is 12.6. The van der Waals surface area contributed by atoms with Crippen molar-refractivity contribution in [2.24, 2.45) is 10.9 Å². The highest BCUT2D eigenvalue weighted by molar-refractivity contribution is 8.18. The van der Waals surface area contributed by atoms with Crippen LogP contribution < -0.4 is 0 Å². The van der Waals surface area contributed by atoms with Gasteiger partial charge in [-0.3, -0.25) is 4.79 Å². The molecule has 0 radical (unpaired) electrons. The molecule has 1 amide bonds. The van der Waals surface area contributed by atoms with Crippen molar-refractivity contribution in [3.05, 3.63) is 80.3 Å². The van der Waals surface area contributed by atoms with Gasteiger partial charge < -0.3 is 14.7 Å². The topological polar surface area (TPSA) is 39.2 Å². The summed E-state index contributed by atoms with van der Waals surface area (Å²) in [5.41, 5.74) is 2.66. The maximum atomic E-state index is 14.2. The van der Waals surface area contributed by atoms with Gasteiger partial charge in [-0.2, -0.15) is 0 Å². The normalized spacial score (nSPS) is 25.2. The fraction of sp³-hybridized carbons (Fsp3) is 0.467.